The summed E-state index contributed by atoms with van der Waals surface area (Å²) in [4.78, 5) is 0. The van der Waals surface area contributed by atoms with E-state index >= 15 is 0 Å². The molecule has 0 bridgehead atoms. The van der Waals surface area contributed by atoms with E-state index in [1.165, 1.54) is 0 Å². The van der Waals surface area contributed by atoms with E-state index < -0.39 is 5.60 Å². The molecule has 96 valence electrons. The van der Waals surface area contributed by atoms with Gasteiger partial charge in [0.25, 0.3) is 0 Å². The highest BCUT2D eigenvalue weighted by molar-refractivity contribution is 5.35. The minimum absolute atomic E-state index is 0.191. The first-order chi connectivity index (χ1) is 8.55. The largest absolute Gasteiger partial charge is 0.508 e. The molecule has 0 aliphatic rings. The van der Waals surface area contributed by atoms with Crippen LogP contribution in [0.15, 0.2) is 36.5 Å². The third-order valence-electron chi connectivity index (χ3n) is 3.08. The fraction of sp³-hybridized carbons (Fsp3) is 0.357. The van der Waals surface area contributed by atoms with Crippen molar-refractivity contribution >= 4 is 0 Å². The van der Waals surface area contributed by atoms with Gasteiger partial charge in [-0.15, -0.1) is 0 Å². The van der Waals surface area contributed by atoms with Crippen LogP contribution in [0.1, 0.15) is 31.5 Å². The van der Waals surface area contributed by atoms with Crippen molar-refractivity contribution in [1.29, 1.82) is 0 Å². The molecule has 0 amide bonds. The van der Waals surface area contributed by atoms with Gasteiger partial charge in [0.1, 0.15) is 11.4 Å². The van der Waals surface area contributed by atoms with Crippen molar-refractivity contribution in [2.75, 3.05) is 0 Å². The lowest BCUT2D eigenvalue weighted by atomic mass is 9.92. The van der Waals surface area contributed by atoms with Gasteiger partial charge in [0.15, 0.2) is 0 Å². The summed E-state index contributed by atoms with van der Waals surface area (Å²) in [6.45, 7) is 4.58. The van der Waals surface area contributed by atoms with Crippen molar-refractivity contribution < 1.29 is 10.2 Å². The van der Waals surface area contributed by atoms with Crippen molar-refractivity contribution in [3.63, 3.8) is 0 Å². The number of benzene rings is 1. The molecular formula is C14H18N2O2. The fourth-order valence-corrected chi connectivity index (χ4v) is 2.07. The Kier molecular flexibility index (Phi) is 3.39. The molecule has 1 unspecified atom stereocenters. The van der Waals surface area contributed by atoms with Crippen LogP contribution in [0.4, 0.5) is 0 Å². The normalized spacial score (nSPS) is 14.4. The molecule has 18 heavy (non-hydrogen) atoms. The molecule has 1 heterocycles. The van der Waals surface area contributed by atoms with Gasteiger partial charge in [0.2, 0.25) is 0 Å². The molecular weight excluding hydrogens is 228 g/mol. The average Bonchev–Trinajstić information content (AvgIpc) is 2.79. The smallest absolute Gasteiger partial charge is 0.128 e. The maximum Gasteiger partial charge on any atom is 0.128 e. The lowest BCUT2D eigenvalue weighted by molar-refractivity contribution is 0.0913. The second-order valence-corrected chi connectivity index (χ2v) is 4.56. The third-order valence-corrected chi connectivity index (χ3v) is 3.08. The van der Waals surface area contributed by atoms with E-state index in [0.717, 1.165) is 24.2 Å². The van der Waals surface area contributed by atoms with Crippen LogP contribution in [0.3, 0.4) is 0 Å². The number of aliphatic hydroxyl groups is 1. The standard InChI is InChI=1S/C14H18N2O2/c1-3-10-16-13(8-9-15-16)14(2,18)11-4-6-12(17)7-5-11/h4-9,17-18H,3,10H2,1-2H3. The molecule has 1 aromatic heterocycles. The lowest BCUT2D eigenvalue weighted by Crippen LogP contribution is -2.26. The lowest BCUT2D eigenvalue weighted by Gasteiger charge is -2.25. The minimum atomic E-state index is -1.11. The topological polar surface area (TPSA) is 58.3 Å². The van der Waals surface area contributed by atoms with Gasteiger partial charge in [-0.1, -0.05) is 19.1 Å². The molecule has 0 saturated carbocycles. The molecule has 0 saturated heterocycles. The Bertz CT molecular complexity index is 515. The number of hydrogen-bond acceptors (Lipinski definition) is 3. The first-order valence-corrected chi connectivity index (χ1v) is 6.10. The number of aryl methyl sites for hydroxylation is 1. The zero-order chi connectivity index (χ0) is 13.2. The Morgan fingerprint density at radius 2 is 1.89 bits per heavy atom. The summed E-state index contributed by atoms with van der Waals surface area (Å²) < 4.78 is 1.81. The number of hydrogen-bond donors (Lipinski definition) is 2. The van der Waals surface area contributed by atoms with Crippen molar-refractivity contribution in [3.8, 4) is 5.75 Å². The average molecular weight is 246 g/mol. The van der Waals surface area contributed by atoms with Crippen molar-refractivity contribution in [1.82, 2.24) is 9.78 Å². The zero-order valence-electron chi connectivity index (χ0n) is 10.7. The van der Waals surface area contributed by atoms with Crippen LogP contribution in [0, 0.1) is 0 Å². The number of phenols is 1. The van der Waals surface area contributed by atoms with Crippen molar-refractivity contribution in [2.45, 2.75) is 32.4 Å². The maximum absolute atomic E-state index is 10.7. The van der Waals surface area contributed by atoms with Crippen LogP contribution >= 0.6 is 0 Å². The maximum atomic E-state index is 10.7. The second kappa shape index (κ2) is 4.82. The summed E-state index contributed by atoms with van der Waals surface area (Å²) in [5.41, 5.74) is 0.382. The molecule has 2 aromatic rings. The van der Waals surface area contributed by atoms with E-state index in [0.29, 0.717) is 0 Å². The van der Waals surface area contributed by atoms with Crippen LogP contribution in [-0.4, -0.2) is 20.0 Å². The summed E-state index contributed by atoms with van der Waals surface area (Å²) in [5.74, 6) is 0.191. The van der Waals surface area contributed by atoms with Gasteiger partial charge in [-0.25, -0.2) is 0 Å². The van der Waals surface area contributed by atoms with Crippen LogP contribution in [0.2, 0.25) is 0 Å². The monoisotopic (exact) mass is 246 g/mol. The van der Waals surface area contributed by atoms with E-state index in [-0.39, 0.29) is 5.75 Å². The molecule has 0 aliphatic carbocycles. The summed E-state index contributed by atoms with van der Waals surface area (Å²) >= 11 is 0. The van der Waals surface area contributed by atoms with Crippen LogP contribution < -0.4 is 0 Å². The number of aromatic hydroxyl groups is 1. The van der Waals surface area contributed by atoms with Crippen molar-refractivity contribution in [3.05, 3.63) is 47.8 Å². The Labute approximate surface area is 107 Å². The molecule has 0 aliphatic heterocycles. The van der Waals surface area contributed by atoms with E-state index in [1.54, 1.807) is 37.4 Å². The van der Waals surface area contributed by atoms with E-state index in [2.05, 4.69) is 12.0 Å². The van der Waals surface area contributed by atoms with Gasteiger partial charge in [-0.2, -0.15) is 5.10 Å². The van der Waals surface area contributed by atoms with Crippen LogP contribution in [0.5, 0.6) is 5.75 Å². The highest BCUT2D eigenvalue weighted by Crippen LogP contribution is 2.29. The van der Waals surface area contributed by atoms with E-state index in [4.69, 9.17) is 0 Å². The SMILES string of the molecule is CCCn1nccc1C(C)(O)c1ccc(O)cc1. The number of rotatable bonds is 4. The molecule has 2 N–H and O–H groups in total. The Balaban J connectivity index is 2.40. The number of nitrogens with zero attached hydrogens (tertiary/aromatic N) is 2. The minimum Gasteiger partial charge on any atom is -0.508 e. The zero-order valence-corrected chi connectivity index (χ0v) is 10.7. The summed E-state index contributed by atoms with van der Waals surface area (Å²) in [6.07, 6.45) is 2.65. The third kappa shape index (κ3) is 2.24. The molecule has 4 heteroatoms. The number of phenolic OH excluding ortho intramolecular Hbond substituents is 1. The van der Waals surface area contributed by atoms with E-state index in [9.17, 15) is 10.2 Å². The Morgan fingerprint density at radius 1 is 1.22 bits per heavy atom. The van der Waals surface area contributed by atoms with Crippen molar-refractivity contribution in [2.24, 2.45) is 0 Å². The van der Waals surface area contributed by atoms with Gasteiger partial charge < -0.3 is 10.2 Å². The molecule has 1 atom stereocenters. The summed E-state index contributed by atoms with van der Waals surface area (Å²) in [6, 6.07) is 8.41. The second-order valence-electron chi connectivity index (χ2n) is 4.56. The quantitative estimate of drug-likeness (QED) is 0.870. The van der Waals surface area contributed by atoms with Gasteiger partial charge in [0.05, 0.1) is 5.69 Å². The molecule has 2 rings (SSSR count). The molecule has 0 radical (unpaired) electrons. The van der Waals surface area contributed by atoms with Gasteiger partial charge in [-0.05, 0) is 37.1 Å². The van der Waals surface area contributed by atoms with Crippen LogP contribution in [-0.2, 0) is 12.1 Å². The first kappa shape index (κ1) is 12.6. The fourth-order valence-electron chi connectivity index (χ4n) is 2.07. The summed E-state index contributed by atoms with van der Waals surface area (Å²) in [7, 11) is 0. The molecule has 0 fully saturated rings. The predicted molar refractivity (Wildman–Crippen MR) is 69.3 cm³/mol. The highest BCUT2D eigenvalue weighted by atomic mass is 16.3. The predicted octanol–water partition coefficient (Wildman–Crippen LogP) is 2.25. The molecule has 0 spiro atoms. The highest BCUT2D eigenvalue weighted by Gasteiger charge is 2.29. The molecule has 1 aromatic carbocycles. The number of aromatic nitrogens is 2. The first-order valence-electron chi connectivity index (χ1n) is 6.10. The van der Waals surface area contributed by atoms with Gasteiger partial charge in [0, 0.05) is 12.7 Å². The van der Waals surface area contributed by atoms with E-state index in [1.807, 2.05) is 10.7 Å². The Morgan fingerprint density at radius 3 is 2.50 bits per heavy atom. The van der Waals surface area contributed by atoms with Gasteiger partial charge in [-0.3, -0.25) is 4.68 Å². The Hall–Kier alpha value is -1.81. The van der Waals surface area contributed by atoms with Gasteiger partial charge >= 0.3 is 0 Å². The van der Waals surface area contributed by atoms with Crippen LogP contribution in [0.25, 0.3) is 0 Å². The summed E-state index contributed by atoms with van der Waals surface area (Å²) in [5, 5.41) is 24.2. The molecule has 4 nitrogen and oxygen atoms in total.